The molecule has 1 aliphatic heterocycles. The molecule has 1 saturated carbocycles. The van der Waals surface area contributed by atoms with E-state index in [0.29, 0.717) is 78.1 Å². The Morgan fingerprint density at radius 1 is 1.08 bits per heavy atom. The van der Waals surface area contributed by atoms with Crippen molar-refractivity contribution in [2.24, 2.45) is 17.9 Å². The molecule has 1 aliphatic carbocycles. The van der Waals surface area contributed by atoms with Gasteiger partial charge >= 0.3 is 5.97 Å². The molecular formula is C38H42FN5O5S. The van der Waals surface area contributed by atoms with E-state index in [4.69, 9.17) is 14.8 Å². The van der Waals surface area contributed by atoms with Gasteiger partial charge in [0.2, 0.25) is 0 Å². The summed E-state index contributed by atoms with van der Waals surface area (Å²) in [5.74, 6) is -0.169. The van der Waals surface area contributed by atoms with Crippen molar-refractivity contribution < 1.29 is 27.4 Å². The quantitative estimate of drug-likeness (QED) is 0.201. The van der Waals surface area contributed by atoms with Gasteiger partial charge in [0, 0.05) is 48.0 Å². The van der Waals surface area contributed by atoms with Crippen LogP contribution in [0, 0.1) is 16.6 Å². The van der Waals surface area contributed by atoms with Gasteiger partial charge in [0.25, 0.3) is 0 Å². The number of carbonyl (C=O) groups is 1. The zero-order valence-electron chi connectivity index (χ0n) is 28.8. The summed E-state index contributed by atoms with van der Waals surface area (Å²) >= 11 is 0. The van der Waals surface area contributed by atoms with E-state index in [2.05, 4.69) is 23.0 Å². The molecule has 12 heteroatoms. The number of hydrogen-bond acceptors (Lipinski definition) is 7. The van der Waals surface area contributed by atoms with Crippen LogP contribution in [-0.2, 0) is 39.9 Å². The van der Waals surface area contributed by atoms with Gasteiger partial charge in [-0.3, -0.25) is 9.78 Å². The highest BCUT2D eigenvalue weighted by atomic mass is 32.2. The first-order chi connectivity index (χ1) is 23.7. The molecule has 0 amide bonds. The van der Waals surface area contributed by atoms with Crippen molar-refractivity contribution in [1.29, 1.82) is 0 Å². The molecule has 7 rings (SSSR count). The number of carboxylic acids is 1. The summed E-state index contributed by atoms with van der Waals surface area (Å²) in [7, 11) is -1.75. The first-order valence-corrected chi connectivity index (χ1v) is 18.9. The molecular weight excluding hydrogens is 658 g/mol. The number of aromatic amines is 1. The molecule has 0 spiro atoms. The van der Waals surface area contributed by atoms with E-state index in [0.717, 1.165) is 11.1 Å². The topological polar surface area (TPSA) is 140 Å². The fourth-order valence-corrected chi connectivity index (χ4v) is 9.47. The predicted molar refractivity (Wildman–Crippen MR) is 188 cm³/mol. The second-order valence-corrected chi connectivity index (χ2v) is 17.3. The molecule has 4 bridgehead atoms. The highest BCUT2D eigenvalue weighted by molar-refractivity contribution is 7.91. The predicted octanol–water partition coefficient (Wildman–Crippen LogP) is 7.17. The van der Waals surface area contributed by atoms with Gasteiger partial charge in [-0.05, 0) is 74.1 Å². The second kappa shape index (κ2) is 12.3. The van der Waals surface area contributed by atoms with Gasteiger partial charge < -0.3 is 14.8 Å². The monoisotopic (exact) mass is 699 g/mol. The molecule has 2 aliphatic rings. The van der Waals surface area contributed by atoms with Gasteiger partial charge in [-0.25, -0.2) is 22.5 Å². The third-order valence-corrected chi connectivity index (χ3v) is 12.6. The minimum absolute atomic E-state index is 0.0215. The zero-order valence-corrected chi connectivity index (χ0v) is 29.6. The molecule has 0 saturated heterocycles. The molecule has 2 N–H and O–H groups in total. The van der Waals surface area contributed by atoms with Crippen LogP contribution in [0.2, 0.25) is 0 Å². The SMILES string of the molecule is Cn1nc2nc1-c1cc(ccn1)Oc1c(F)cc3[nH]ccc3c1CCS(=O)(=O)CC(C)(C)CCC[C@]2(C)c1cccc(CC2(C(=O)O)CC2)c1. The van der Waals surface area contributed by atoms with Crippen LogP contribution >= 0.6 is 0 Å². The molecule has 4 heterocycles. The standard InChI is InChI=1S/C38H42FN5O5S/c1-36(2)12-6-13-37(3,25-8-5-7-24(19-25)22-38(14-15-38)35(45)46)34-42-33(44(4)43-34)31-20-26(9-16-41-31)49-32-28(11-18-50(47,48)23-36)27-10-17-40-30(27)21-29(32)39/h5,7-10,16-17,19-21,40H,6,11-15,18,22-23H2,1-4H3,(H,45,46)/t37-/m1/s1. The lowest BCUT2D eigenvalue weighted by molar-refractivity contribution is -0.143. The van der Waals surface area contributed by atoms with Crippen LogP contribution in [-0.4, -0.2) is 55.7 Å². The van der Waals surface area contributed by atoms with Crippen molar-refractivity contribution in [3.63, 3.8) is 0 Å². The van der Waals surface area contributed by atoms with Crippen LogP contribution < -0.4 is 4.74 Å². The minimum atomic E-state index is -3.55. The second-order valence-electron chi connectivity index (χ2n) is 15.1. The summed E-state index contributed by atoms with van der Waals surface area (Å²) in [4.78, 5) is 24.6. The Balaban J connectivity index is 1.33. The Bertz CT molecular complexity index is 2220. The number of hydrogen-bond donors (Lipinski definition) is 2. The number of aryl methyl sites for hydroxylation is 2. The van der Waals surface area contributed by atoms with E-state index in [9.17, 15) is 18.3 Å². The highest BCUT2D eigenvalue weighted by Gasteiger charge is 2.50. The van der Waals surface area contributed by atoms with E-state index in [1.165, 1.54) is 6.07 Å². The number of sulfone groups is 1. The van der Waals surface area contributed by atoms with Crippen LogP contribution in [0.5, 0.6) is 11.5 Å². The molecule has 3 aromatic heterocycles. The fourth-order valence-electron chi connectivity index (χ4n) is 7.47. The third-order valence-electron chi connectivity index (χ3n) is 10.5. The minimum Gasteiger partial charge on any atom is -0.481 e. The molecule has 5 aromatic rings. The Morgan fingerprint density at radius 3 is 2.64 bits per heavy atom. The fraction of sp³-hybridized carbons (Fsp3) is 0.421. The van der Waals surface area contributed by atoms with E-state index >= 15 is 4.39 Å². The van der Waals surface area contributed by atoms with Crippen LogP contribution in [0.3, 0.4) is 0 Å². The number of nitrogens with zero attached hydrogens (tertiary/aromatic N) is 4. The van der Waals surface area contributed by atoms with Crippen molar-refractivity contribution in [2.75, 3.05) is 11.5 Å². The van der Waals surface area contributed by atoms with Crippen LogP contribution in [0.1, 0.15) is 75.4 Å². The van der Waals surface area contributed by atoms with Gasteiger partial charge in [0.15, 0.2) is 33.1 Å². The molecule has 0 unspecified atom stereocenters. The first-order valence-electron chi connectivity index (χ1n) is 17.0. The van der Waals surface area contributed by atoms with Crippen LogP contribution in [0.15, 0.2) is 60.9 Å². The van der Waals surface area contributed by atoms with Crippen molar-refractivity contribution in [1.82, 2.24) is 24.7 Å². The summed E-state index contributed by atoms with van der Waals surface area (Å²) in [5, 5.41) is 15.5. The Kier molecular flexibility index (Phi) is 8.36. The Hall–Kier alpha value is -4.58. The number of ether oxygens (including phenoxy) is 1. The molecule has 262 valence electrons. The summed E-state index contributed by atoms with van der Waals surface area (Å²) < 4.78 is 50.9. The van der Waals surface area contributed by atoms with Crippen LogP contribution in [0.4, 0.5) is 4.39 Å². The molecule has 0 radical (unpaired) electrons. The first kappa shape index (κ1) is 33.9. The van der Waals surface area contributed by atoms with E-state index < -0.39 is 37.9 Å². The summed E-state index contributed by atoms with van der Waals surface area (Å²) in [5.41, 5.74) is 1.49. The number of aliphatic carboxylic acids is 1. The van der Waals surface area contributed by atoms with Gasteiger partial charge in [0.05, 0.1) is 22.3 Å². The van der Waals surface area contributed by atoms with Crippen LogP contribution in [0.25, 0.3) is 22.4 Å². The number of carboxylic acid groups (broad SMARTS) is 1. The normalized spacial score (nSPS) is 21.4. The summed E-state index contributed by atoms with van der Waals surface area (Å²) in [6.45, 7) is 6.03. The number of fused-ring (bicyclic) bond motifs is 8. The number of nitrogens with one attached hydrogen (secondary N) is 1. The van der Waals surface area contributed by atoms with Crippen molar-refractivity contribution in [3.8, 4) is 23.0 Å². The average Bonchev–Trinajstić information content (AvgIpc) is 3.50. The van der Waals surface area contributed by atoms with Crippen molar-refractivity contribution >= 4 is 26.7 Å². The molecule has 1 atom stereocenters. The van der Waals surface area contributed by atoms with Crippen molar-refractivity contribution in [3.05, 3.63) is 89.3 Å². The number of H-pyrrole nitrogens is 1. The third kappa shape index (κ3) is 6.53. The lowest BCUT2D eigenvalue weighted by atomic mass is 9.75. The largest absolute Gasteiger partial charge is 0.481 e. The van der Waals surface area contributed by atoms with Gasteiger partial charge in [-0.15, -0.1) is 0 Å². The molecule has 2 aromatic carbocycles. The lowest BCUT2D eigenvalue weighted by Crippen LogP contribution is -2.29. The summed E-state index contributed by atoms with van der Waals surface area (Å²) in [6.07, 6.45) is 7.08. The Labute approximate surface area is 291 Å². The van der Waals surface area contributed by atoms with Gasteiger partial charge in [0.1, 0.15) is 11.4 Å². The maximum atomic E-state index is 15.7. The lowest BCUT2D eigenvalue weighted by Gasteiger charge is -2.31. The van der Waals surface area contributed by atoms with E-state index in [1.54, 1.807) is 42.3 Å². The maximum absolute atomic E-state index is 15.7. The number of benzene rings is 2. The maximum Gasteiger partial charge on any atom is 0.309 e. The number of pyridine rings is 1. The Morgan fingerprint density at radius 2 is 1.88 bits per heavy atom. The number of rotatable bonds is 4. The van der Waals surface area contributed by atoms with Gasteiger partial charge in [-0.2, -0.15) is 5.10 Å². The molecule has 1 fully saturated rings. The van der Waals surface area contributed by atoms with Crippen molar-refractivity contribution in [2.45, 2.75) is 71.1 Å². The molecule has 10 nitrogen and oxygen atoms in total. The zero-order chi connectivity index (χ0) is 35.5. The highest BCUT2D eigenvalue weighted by Crippen LogP contribution is 2.49. The van der Waals surface area contributed by atoms with Gasteiger partial charge in [-0.1, -0.05) is 44.5 Å². The summed E-state index contributed by atoms with van der Waals surface area (Å²) in [6, 6.07) is 14.5. The smallest absolute Gasteiger partial charge is 0.309 e. The van der Waals surface area contributed by atoms with E-state index in [1.807, 2.05) is 32.0 Å². The molecule has 50 heavy (non-hydrogen) atoms. The number of aromatic nitrogens is 5. The number of halogens is 1. The average molecular weight is 700 g/mol. The van der Waals surface area contributed by atoms with E-state index in [-0.39, 0.29) is 23.7 Å².